The Balaban J connectivity index is 1.22. The third-order valence-electron chi connectivity index (χ3n) is 8.80. The maximum Gasteiger partial charge on any atom is 0.410 e. The van der Waals surface area contributed by atoms with Crippen molar-refractivity contribution in [3.63, 3.8) is 0 Å². The number of carbonyl (C=O) groups is 1. The highest BCUT2D eigenvalue weighted by Crippen LogP contribution is 2.47. The van der Waals surface area contributed by atoms with Gasteiger partial charge in [-0.2, -0.15) is 4.98 Å². The van der Waals surface area contributed by atoms with E-state index in [0.717, 1.165) is 53.9 Å². The quantitative estimate of drug-likeness (QED) is 0.182. The maximum atomic E-state index is 12.7. The molecule has 1 aromatic heterocycles. The molecule has 0 N–H and O–H groups in total. The normalized spacial score (nSPS) is 17.7. The minimum atomic E-state index is -0.508. The molecule has 1 aliphatic carbocycles. The predicted octanol–water partition coefficient (Wildman–Crippen LogP) is 8.66. The number of fused-ring (bicyclic) bond motifs is 1. The molecule has 6 rings (SSSR count). The number of nitrogens with zero attached hydrogens (tertiary/aromatic N) is 3. The molecule has 47 heavy (non-hydrogen) atoms. The van der Waals surface area contributed by atoms with Crippen molar-refractivity contribution in [1.29, 1.82) is 0 Å². The number of pyridine rings is 1. The number of carbonyl (C=O) groups excluding carboxylic acids is 1. The number of hydrogen-bond donors (Lipinski definition) is 0. The van der Waals surface area contributed by atoms with Crippen LogP contribution in [0.15, 0.2) is 91.0 Å². The fourth-order valence-electron chi connectivity index (χ4n) is 6.37. The summed E-state index contributed by atoms with van der Waals surface area (Å²) in [5.74, 6) is 2.29. The number of rotatable bonds is 9. The van der Waals surface area contributed by atoms with Crippen molar-refractivity contribution in [2.24, 2.45) is 0 Å². The van der Waals surface area contributed by atoms with Crippen molar-refractivity contribution in [2.75, 3.05) is 25.1 Å². The fraction of sp³-hybridized carbons (Fsp3) is 0.385. The Hall–Kier alpha value is -4.72. The lowest BCUT2D eigenvalue weighted by molar-refractivity contribution is 0.0182. The molecule has 8 nitrogen and oxygen atoms in total. The van der Waals surface area contributed by atoms with E-state index in [2.05, 4.69) is 23.1 Å². The van der Waals surface area contributed by atoms with E-state index in [0.29, 0.717) is 44.0 Å². The average Bonchev–Trinajstić information content (AvgIpc) is 3.09. The van der Waals surface area contributed by atoms with Crippen molar-refractivity contribution in [2.45, 2.75) is 77.2 Å². The molecule has 0 spiro atoms. The SMILES string of the molecule is CN(C(=O)OC(C)(C)C)[C@H]1CC[C@H](c2cccc3c2OCCN3c2ccc(OCc3ccccc3)nc2OCc2ccccc2)CC1. The first-order chi connectivity index (χ1) is 22.7. The number of anilines is 2. The molecule has 8 heteroatoms. The standard InChI is InChI=1S/C39H45N3O5/c1-39(2,3)47-38(43)41(4)31-20-18-30(19-21-31)32-16-11-17-33-36(32)44-25-24-42(33)34-22-23-35(45-26-28-12-7-5-8-13-28)40-37(34)46-27-29-14-9-6-10-15-29/h5-17,22-23,30-31H,18-21,24-27H2,1-4H3/t30-,31-. The molecule has 4 aromatic rings. The van der Waals surface area contributed by atoms with Crippen LogP contribution in [0.4, 0.5) is 16.2 Å². The second-order valence-electron chi connectivity index (χ2n) is 13.3. The average molecular weight is 636 g/mol. The van der Waals surface area contributed by atoms with Gasteiger partial charge in [0.1, 0.15) is 36.9 Å². The minimum Gasteiger partial charge on any atom is -0.489 e. The van der Waals surface area contributed by atoms with Gasteiger partial charge in [0.2, 0.25) is 11.8 Å². The first-order valence-corrected chi connectivity index (χ1v) is 16.6. The van der Waals surface area contributed by atoms with Gasteiger partial charge in [0.05, 0.1) is 12.2 Å². The molecular formula is C39H45N3O5. The summed E-state index contributed by atoms with van der Waals surface area (Å²) < 4.78 is 24.5. The number of amides is 1. The molecule has 2 heterocycles. The number of hydrogen-bond acceptors (Lipinski definition) is 7. The van der Waals surface area contributed by atoms with E-state index in [1.807, 2.05) is 101 Å². The summed E-state index contributed by atoms with van der Waals surface area (Å²) in [5, 5.41) is 0. The third kappa shape index (κ3) is 7.99. The molecule has 0 atom stereocenters. The largest absolute Gasteiger partial charge is 0.489 e. The van der Waals surface area contributed by atoms with Crippen molar-refractivity contribution in [1.82, 2.24) is 9.88 Å². The molecule has 3 aromatic carbocycles. The van der Waals surface area contributed by atoms with Crippen LogP contribution in [0.2, 0.25) is 0 Å². The Morgan fingerprint density at radius 2 is 1.49 bits per heavy atom. The van der Waals surface area contributed by atoms with Gasteiger partial charge >= 0.3 is 6.09 Å². The Morgan fingerprint density at radius 1 is 0.830 bits per heavy atom. The van der Waals surface area contributed by atoms with E-state index in [1.54, 1.807) is 4.90 Å². The summed E-state index contributed by atoms with van der Waals surface area (Å²) in [6.07, 6.45) is 3.52. The minimum absolute atomic E-state index is 0.163. The summed E-state index contributed by atoms with van der Waals surface area (Å²) in [5.41, 5.74) is 4.72. The summed E-state index contributed by atoms with van der Waals surface area (Å²) >= 11 is 0. The molecule has 1 saturated carbocycles. The first kappa shape index (κ1) is 32.2. The van der Waals surface area contributed by atoms with Gasteiger partial charge in [-0.15, -0.1) is 0 Å². The molecule has 1 amide bonds. The zero-order valence-corrected chi connectivity index (χ0v) is 27.9. The topological polar surface area (TPSA) is 73.4 Å². The molecule has 2 aliphatic rings. The van der Waals surface area contributed by atoms with Crippen LogP contribution < -0.4 is 19.1 Å². The van der Waals surface area contributed by atoms with Crippen LogP contribution in [0.1, 0.15) is 69.1 Å². The van der Waals surface area contributed by atoms with E-state index < -0.39 is 5.60 Å². The van der Waals surface area contributed by atoms with E-state index in [4.69, 9.17) is 23.9 Å². The van der Waals surface area contributed by atoms with Crippen molar-refractivity contribution in [3.05, 3.63) is 108 Å². The van der Waals surface area contributed by atoms with Crippen molar-refractivity contribution >= 4 is 17.5 Å². The Labute approximate surface area is 278 Å². The molecule has 0 unspecified atom stereocenters. The monoisotopic (exact) mass is 635 g/mol. The van der Waals surface area contributed by atoms with Crippen molar-refractivity contribution < 1.29 is 23.7 Å². The van der Waals surface area contributed by atoms with Crippen LogP contribution in [0.5, 0.6) is 17.5 Å². The van der Waals surface area contributed by atoms with E-state index in [-0.39, 0.29) is 12.1 Å². The van der Waals surface area contributed by atoms with E-state index in [9.17, 15) is 4.79 Å². The van der Waals surface area contributed by atoms with Crippen LogP contribution in [0.25, 0.3) is 0 Å². The lowest BCUT2D eigenvalue weighted by Crippen LogP contribution is -2.42. The smallest absolute Gasteiger partial charge is 0.410 e. The van der Waals surface area contributed by atoms with Crippen LogP contribution in [0, 0.1) is 0 Å². The van der Waals surface area contributed by atoms with Gasteiger partial charge in [-0.1, -0.05) is 72.8 Å². The van der Waals surface area contributed by atoms with Crippen molar-refractivity contribution in [3.8, 4) is 17.5 Å². The Bertz CT molecular complexity index is 1630. The van der Waals surface area contributed by atoms with Crippen LogP contribution >= 0.6 is 0 Å². The highest BCUT2D eigenvalue weighted by Gasteiger charge is 2.33. The number of aromatic nitrogens is 1. The molecule has 246 valence electrons. The van der Waals surface area contributed by atoms with E-state index in [1.165, 1.54) is 5.56 Å². The second-order valence-corrected chi connectivity index (χ2v) is 13.3. The lowest BCUT2D eigenvalue weighted by atomic mass is 9.80. The molecule has 0 radical (unpaired) electrons. The van der Waals surface area contributed by atoms with Gasteiger partial charge in [-0.25, -0.2) is 4.79 Å². The first-order valence-electron chi connectivity index (χ1n) is 16.6. The molecule has 1 aliphatic heterocycles. The lowest BCUT2D eigenvalue weighted by Gasteiger charge is -2.37. The Kier molecular flexibility index (Phi) is 9.85. The molecule has 0 saturated heterocycles. The van der Waals surface area contributed by atoms with Gasteiger partial charge in [0, 0.05) is 19.2 Å². The van der Waals surface area contributed by atoms with Gasteiger partial charge < -0.3 is 28.7 Å². The van der Waals surface area contributed by atoms with Gasteiger partial charge in [-0.05, 0) is 81.2 Å². The third-order valence-corrected chi connectivity index (χ3v) is 8.80. The molecule has 1 fully saturated rings. The molecule has 0 bridgehead atoms. The summed E-state index contributed by atoms with van der Waals surface area (Å²) in [6.45, 7) is 7.73. The predicted molar refractivity (Wildman–Crippen MR) is 184 cm³/mol. The fourth-order valence-corrected chi connectivity index (χ4v) is 6.37. The maximum absolute atomic E-state index is 12.7. The van der Waals surface area contributed by atoms with E-state index >= 15 is 0 Å². The number of para-hydroxylation sites is 1. The zero-order chi connectivity index (χ0) is 32.8. The van der Waals surface area contributed by atoms with Gasteiger partial charge in [-0.3, -0.25) is 0 Å². The van der Waals surface area contributed by atoms with Gasteiger partial charge in [0.15, 0.2) is 0 Å². The molecular weight excluding hydrogens is 590 g/mol. The number of ether oxygens (including phenoxy) is 4. The highest BCUT2D eigenvalue weighted by atomic mass is 16.6. The van der Waals surface area contributed by atoms with Crippen LogP contribution in [0.3, 0.4) is 0 Å². The summed E-state index contributed by atoms with van der Waals surface area (Å²) in [4.78, 5) is 21.6. The Morgan fingerprint density at radius 3 is 2.15 bits per heavy atom. The van der Waals surface area contributed by atoms with Crippen LogP contribution in [-0.2, 0) is 18.0 Å². The second kappa shape index (κ2) is 14.4. The number of benzene rings is 3. The summed E-state index contributed by atoms with van der Waals surface area (Å²) in [6, 6.07) is 30.7. The zero-order valence-electron chi connectivity index (χ0n) is 27.9. The van der Waals surface area contributed by atoms with Gasteiger partial charge in [0.25, 0.3) is 0 Å². The van der Waals surface area contributed by atoms with Crippen LogP contribution in [-0.4, -0.2) is 47.8 Å². The summed E-state index contributed by atoms with van der Waals surface area (Å²) in [7, 11) is 1.86. The highest BCUT2D eigenvalue weighted by molar-refractivity contribution is 5.75.